The maximum atomic E-state index is 13.6. The van der Waals surface area contributed by atoms with Crippen LogP contribution in [0.5, 0.6) is 5.75 Å². The molecule has 0 radical (unpaired) electrons. The van der Waals surface area contributed by atoms with Gasteiger partial charge in [-0.1, -0.05) is 39.0 Å². The van der Waals surface area contributed by atoms with Gasteiger partial charge in [0.05, 0.1) is 35.6 Å². The summed E-state index contributed by atoms with van der Waals surface area (Å²) < 4.78 is 17.9. The van der Waals surface area contributed by atoms with Crippen LogP contribution in [0.25, 0.3) is 10.8 Å². The van der Waals surface area contributed by atoms with Crippen LogP contribution < -0.4 is 10.1 Å². The molecule has 1 atom stereocenters. The smallest absolute Gasteiger partial charge is 0.236 e. The summed E-state index contributed by atoms with van der Waals surface area (Å²) in [5, 5.41) is 12.7. The van der Waals surface area contributed by atoms with Crippen LogP contribution in [0.3, 0.4) is 0 Å². The maximum Gasteiger partial charge on any atom is 0.236 e. The van der Waals surface area contributed by atoms with Crippen molar-refractivity contribution in [1.29, 1.82) is 5.41 Å². The highest BCUT2D eigenvalue weighted by molar-refractivity contribution is 7.20. The molecule has 1 aromatic carbocycles. The van der Waals surface area contributed by atoms with Crippen molar-refractivity contribution in [1.82, 2.24) is 9.88 Å². The number of carbonyl (C=O) groups is 2. The van der Waals surface area contributed by atoms with Crippen LogP contribution in [0.15, 0.2) is 41.1 Å². The number of ether oxygens (including phenoxy) is 2. The first-order valence-electron chi connectivity index (χ1n) is 13.5. The number of thiophene rings is 1. The summed E-state index contributed by atoms with van der Waals surface area (Å²) in [6.45, 7) is 10.7. The quantitative estimate of drug-likeness (QED) is 0.223. The largest absolute Gasteiger partial charge is 0.496 e. The van der Waals surface area contributed by atoms with Crippen molar-refractivity contribution < 1.29 is 23.5 Å². The minimum absolute atomic E-state index is 0.0320. The van der Waals surface area contributed by atoms with Crippen molar-refractivity contribution in [2.45, 2.75) is 59.7 Å². The van der Waals surface area contributed by atoms with Gasteiger partial charge in [0, 0.05) is 37.5 Å². The molecule has 40 heavy (non-hydrogen) atoms. The lowest BCUT2D eigenvalue weighted by Gasteiger charge is -2.34. The average Bonchev–Trinajstić information content (AvgIpc) is 3.57. The van der Waals surface area contributed by atoms with Gasteiger partial charge in [0.2, 0.25) is 17.6 Å². The second-order valence-electron chi connectivity index (χ2n) is 11.0. The van der Waals surface area contributed by atoms with Gasteiger partial charge >= 0.3 is 0 Å². The SMILES string of the molecule is COc1ccccc1C(CNc1sc(-c2ncco2)c(C)c1C(=O)C(=N)C(C)(C)C)OC1CCN(C(C)=O)CC1. The predicted molar refractivity (Wildman–Crippen MR) is 157 cm³/mol. The first kappa shape index (κ1) is 29.5. The number of aromatic nitrogens is 1. The number of methoxy groups -OCH3 is 1. The van der Waals surface area contributed by atoms with Crippen molar-refractivity contribution in [3.8, 4) is 16.5 Å². The van der Waals surface area contributed by atoms with Gasteiger partial charge in [0.25, 0.3) is 0 Å². The Morgan fingerprint density at radius 1 is 1.25 bits per heavy atom. The Morgan fingerprint density at radius 2 is 1.95 bits per heavy atom. The predicted octanol–water partition coefficient (Wildman–Crippen LogP) is 6.15. The van der Waals surface area contributed by atoms with Crippen molar-refractivity contribution in [3.05, 3.63) is 53.4 Å². The number of rotatable bonds is 10. The number of amides is 1. The van der Waals surface area contributed by atoms with Gasteiger partial charge in [0.15, 0.2) is 0 Å². The molecule has 10 heteroatoms. The number of oxazole rings is 1. The summed E-state index contributed by atoms with van der Waals surface area (Å²) >= 11 is 1.38. The summed E-state index contributed by atoms with van der Waals surface area (Å²) in [7, 11) is 1.63. The standard InChI is InChI=1S/C30H38N4O5S/c1-18-24(25(36)27(31)30(3,4)5)29(40-26(18)28-32-13-16-38-28)33-17-23(21-9-7-8-10-22(21)37-6)39-20-11-14-34(15-12-20)19(2)35/h7-10,13,16,20,23,31,33H,11-12,14-15,17H2,1-6H3. The lowest BCUT2D eigenvalue weighted by molar-refractivity contribution is -0.132. The van der Waals surface area contributed by atoms with E-state index < -0.39 is 5.41 Å². The lowest BCUT2D eigenvalue weighted by Crippen LogP contribution is -2.40. The molecule has 9 nitrogen and oxygen atoms in total. The zero-order valence-corrected chi connectivity index (χ0v) is 24.8. The Kier molecular flexibility index (Phi) is 9.10. The molecule has 4 rings (SSSR count). The van der Waals surface area contributed by atoms with Gasteiger partial charge in [-0.25, -0.2) is 4.98 Å². The van der Waals surface area contributed by atoms with Crippen LogP contribution in [0.1, 0.15) is 68.1 Å². The molecule has 2 aromatic heterocycles. The molecule has 214 valence electrons. The second-order valence-corrected chi connectivity index (χ2v) is 12.0. The van der Waals surface area contributed by atoms with E-state index in [0.29, 0.717) is 41.8 Å². The summed E-state index contributed by atoms with van der Waals surface area (Å²) in [5.41, 5.74) is 1.49. The van der Waals surface area contributed by atoms with E-state index in [4.69, 9.17) is 19.3 Å². The summed E-state index contributed by atoms with van der Waals surface area (Å²) in [6, 6.07) is 7.75. The molecular weight excluding hydrogens is 528 g/mol. The fraction of sp³-hybridized carbons (Fsp3) is 0.467. The zero-order valence-electron chi connectivity index (χ0n) is 24.0. The Labute approximate surface area is 239 Å². The Bertz CT molecular complexity index is 1350. The summed E-state index contributed by atoms with van der Waals surface area (Å²) in [5.74, 6) is 0.896. The Hall–Kier alpha value is -3.50. The fourth-order valence-electron chi connectivity index (χ4n) is 4.80. The molecular formula is C30H38N4O5S. The highest BCUT2D eigenvalue weighted by atomic mass is 32.1. The van der Waals surface area contributed by atoms with Gasteiger partial charge < -0.3 is 29.5 Å². The molecule has 1 unspecified atom stereocenters. The van der Waals surface area contributed by atoms with E-state index in [1.54, 1.807) is 20.2 Å². The first-order valence-corrected chi connectivity index (χ1v) is 14.3. The van der Waals surface area contributed by atoms with E-state index in [1.807, 2.05) is 56.9 Å². The number of benzene rings is 1. The lowest BCUT2D eigenvalue weighted by atomic mass is 9.85. The van der Waals surface area contributed by atoms with Crippen LogP contribution in [0.4, 0.5) is 5.00 Å². The van der Waals surface area contributed by atoms with Gasteiger partial charge in [-0.05, 0) is 31.4 Å². The highest BCUT2D eigenvalue weighted by Gasteiger charge is 2.32. The first-order chi connectivity index (χ1) is 19.0. The van der Waals surface area contributed by atoms with Gasteiger partial charge in [0.1, 0.15) is 23.1 Å². The number of hydrogen-bond donors (Lipinski definition) is 2. The number of anilines is 1. The number of likely N-dealkylation sites (tertiary alicyclic amines) is 1. The number of nitrogens with one attached hydrogen (secondary N) is 2. The average molecular weight is 567 g/mol. The maximum absolute atomic E-state index is 13.6. The molecule has 1 saturated heterocycles. The third kappa shape index (κ3) is 6.45. The van der Waals surface area contributed by atoms with Gasteiger partial charge in [-0.15, -0.1) is 11.3 Å². The topological polar surface area (TPSA) is 118 Å². The molecule has 0 bridgehead atoms. The fourth-order valence-corrected chi connectivity index (χ4v) is 5.96. The number of carbonyl (C=O) groups excluding carboxylic acids is 2. The molecule has 1 aliphatic rings. The van der Waals surface area contributed by atoms with Crippen LogP contribution >= 0.6 is 11.3 Å². The molecule has 3 aromatic rings. The summed E-state index contributed by atoms with van der Waals surface area (Å²) in [6.07, 6.45) is 4.14. The van der Waals surface area contributed by atoms with E-state index in [-0.39, 0.29) is 29.6 Å². The van der Waals surface area contributed by atoms with Crippen molar-refractivity contribution >= 4 is 33.7 Å². The minimum Gasteiger partial charge on any atom is -0.496 e. The van der Waals surface area contributed by atoms with Crippen molar-refractivity contribution in [2.24, 2.45) is 5.41 Å². The van der Waals surface area contributed by atoms with E-state index in [9.17, 15) is 9.59 Å². The third-order valence-corrected chi connectivity index (χ3v) is 8.39. The minimum atomic E-state index is -0.608. The normalized spacial score (nSPS) is 15.1. The second kappa shape index (κ2) is 12.3. The van der Waals surface area contributed by atoms with E-state index in [0.717, 1.165) is 28.8 Å². The molecule has 1 aliphatic heterocycles. The van der Waals surface area contributed by atoms with Crippen molar-refractivity contribution in [2.75, 3.05) is 32.1 Å². The number of para-hydroxylation sites is 1. The van der Waals surface area contributed by atoms with Crippen LogP contribution in [-0.2, 0) is 9.53 Å². The number of piperidine rings is 1. The molecule has 0 spiro atoms. The summed E-state index contributed by atoms with van der Waals surface area (Å²) in [4.78, 5) is 32.3. The third-order valence-electron chi connectivity index (χ3n) is 7.16. The van der Waals surface area contributed by atoms with E-state index in [2.05, 4.69) is 10.3 Å². The zero-order chi connectivity index (χ0) is 29.0. The number of hydrogen-bond acceptors (Lipinski definition) is 9. The monoisotopic (exact) mass is 566 g/mol. The molecule has 3 heterocycles. The Morgan fingerprint density at radius 3 is 2.55 bits per heavy atom. The van der Waals surface area contributed by atoms with Crippen LogP contribution in [0.2, 0.25) is 0 Å². The van der Waals surface area contributed by atoms with Gasteiger partial charge in [-0.3, -0.25) is 9.59 Å². The van der Waals surface area contributed by atoms with Crippen LogP contribution in [0, 0.1) is 17.7 Å². The number of ketones is 1. The molecule has 1 amide bonds. The molecule has 0 saturated carbocycles. The van der Waals surface area contributed by atoms with E-state index in [1.165, 1.54) is 17.6 Å². The molecule has 1 fully saturated rings. The number of nitrogens with zero attached hydrogens (tertiary/aromatic N) is 2. The molecule has 2 N–H and O–H groups in total. The van der Waals surface area contributed by atoms with E-state index >= 15 is 0 Å². The van der Waals surface area contributed by atoms with Gasteiger partial charge in [-0.2, -0.15) is 0 Å². The van der Waals surface area contributed by atoms with Crippen LogP contribution in [-0.4, -0.2) is 60.1 Å². The van der Waals surface area contributed by atoms with Crippen molar-refractivity contribution in [3.63, 3.8) is 0 Å². The molecule has 0 aliphatic carbocycles. The Balaban J connectivity index is 1.65. The highest BCUT2D eigenvalue weighted by Crippen LogP contribution is 2.41. The number of Topliss-reactive ketones (excluding diaryl/α,β-unsaturated/α-hetero) is 1.